The topological polar surface area (TPSA) is 73.2 Å². The number of hydrogen-bond acceptors (Lipinski definition) is 4. The van der Waals surface area contributed by atoms with Gasteiger partial charge in [0.25, 0.3) is 11.8 Å². The van der Waals surface area contributed by atoms with Gasteiger partial charge in [-0.05, 0) is 44.5 Å². The number of benzene rings is 1. The molecule has 0 atom stereocenters. The number of rotatable bonds is 5. The summed E-state index contributed by atoms with van der Waals surface area (Å²) in [6.45, 7) is 6.61. The van der Waals surface area contributed by atoms with Gasteiger partial charge < -0.3 is 10.2 Å². The SMILES string of the molecule is CCN(CC)C(=O)c1sc(NC(=O)c2cc(Cl)ccc2Cl)c(C#N)c1C. The number of carbonyl (C=O) groups is 2. The zero-order chi connectivity index (χ0) is 19.4. The Morgan fingerprint density at radius 3 is 2.50 bits per heavy atom. The molecule has 0 unspecified atom stereocenters. The van der Waals surface area contributed by atoms with Gasteiger partial charge in [-0.25, -0.2) is 0 Å². The predicted octanol–water partition coefficient (Wildman–Crippen LogP) is 4.97. The molecule has 0 fully saturated rings. The van der Waals surface area contributed by atoms with Gasteiger partial charge in [0.1, 0.15) is 11.1 Å². The summed E-state index contributed by atoms with van der Waals surface area (Å²) < 4.78 is 0. The molecule has 0 saturated carbocycles. The van der Waals surface area contributed by atoms with Crippen molar-refractivity contribution in [1.29, 1.82) is 5.26 Å². The number of halogens is 2. The summed E-state index contributed by atoms with van der Waals surface area (Å²) in [5.41, 5.74) is 1.03. The van der Waals surface area contributed by atoms with Crippen LogP contribution in [-0.4, -0.2) is 29.8 Å². The molecule has 1 heterocycles. The highest BCUT2D eigenvalue weighted by molar-refractivity contribution is 7.18. The quantitative estimate of drug-likeness (QED) is 0.757. The predicted molar refractivity (Wildman–Crippen MR) is 105 cm³/mol. The highest BCUT2D eigenvalue weighted by atomic mass is 35.5. The van der Waals surface area contributed by atoms with Gasteiger partial charge in [-0.3, -0.25) is 9.59 Å². The molecule has 2 aromatic rings. The Balaban J connectivity index is 2.40. The summed E-state index contributed by atoms with van der Waals surface area (Å²) in [6, 6.07) is 6.62. The van der Waals surface area contributed by atoms with Crippen molar-refractivity contribution in [3.05, 3.63) is 49.8 Å². The van der Waals surface area contributed by atoms with Crippen molar-refractivity contribution in [1.82, 2.24) is 4.90 Å². The van der Waals surface area contributed by atoms with Crippen molar-refractivity contribution < 1.29 is 9.59 Å². The van der Waals surface area contributed by atoms with Gasteiger partial charge in [0.15, 0.2) is 0 Å². The fourth-order valence-electron chi connectivity index (χ4n) is 2.44. The number of nitrogens with one attached hydrogen (secondary N) is 1. The minimum absolute atomic E-state index is 0.157. The van der Waals surface area contributed by atoms with E-state index in [9.17, 15) is 14.9 Å². The fraction of sp³-hybridized carbons (Fsp3) is 0.278. The summed E-state index contributed by atoms with van der Waals surface area (Å²) in [7, 11) is 0. The number of amides is 2. The van der Waals surface area contributed by atoms with Crippen LogP contribution in [0.2, 0.25) is 10.0 Å². The number of thiophene rings is 1. The second-order valence-electron chi connectivity index (χ2n) is 5.43. The highest BCUT2D eigenvalue weighted by Gasteiger charge is 2.24. The normalized spacial score (nSPS) is 10.3. The third-order valence-electron chi connectivity index (χ3n) is 3.90. The van der Waals surface area contributed by atoms with Gasteiger partial charge in [-0.2, -0.15) is 5.26 Å². The van der Waals surface area contributed by atoms with E-state index in [0.29, 0.717) is 33.6 Å². The molecule has 1 N–H and O–H groups in total. The molecule has 5 nitrogen and oxygen atoms in total. The smallest absolute Gasteiger partial charge is 0.264 e. The van der Waals surface area contributed by atoms with E-state index in [4.69, 9.17) is 23.2 Å². The van der Waals surface area contributed by atoms with Crippen molar-refractivity contribution in [2.24, 2.45) is 0 Å². The van der Waals surface area contributed by atoms with Crippen LogP contribution in [0, 0.1) is 18.3 Å². The molecule has 26 heavy (non-hydrogen) atoms. The average molecular weight is 410 g/mol. The first kappa shape index (κ1) is 20.2. The van der Waals surface area contributed by atoms with Gasteiger partial charge >= 0.3 is 0 Å². The van der Waals surface area contributed by atoms with E-state index in [1.54, 1.807) is 17.9 Å². The average Bonchev–Trinajstić information content (AvgIpc) is 2.93. The van der Waals surface area contributed by atoms with Gasteiger partial charge in [-0.1, -0.05) is 23.2 Å². The van der Waals surface area contributed by atoms with Crippen LogP contribution in [0.4, 0.5) is 5.00 Å². The van der Waals surface area contributed by atoms with E-state index in [1.165, 1.54) is 12.1 Å². The summed E-state index contributed by atoms with van der Waals surface area (Å²) in [6.07, 6.45) is 0. The largest absolute Gasteiger partial charge is 0.338 e. The lowest BCUT2D eigenvalue weighted by Crippen LogP contribution is -2.30. The maximum atomic E-state index is 12.6. The van der Waals surface area contributed by atoms with Crippen LogP contribution in [0.15, 0.2) is 18.2 Å². The molecule has 1 aromatic heterocycles. The Morgan fingerprint density at radius 1 is 1.27 bits per heavy atom. The fourth-order valence-corrected chi connectivity index (χ4v) is 3.93. The summed E-state index contributed by atoms with van der Waals surface area (Å²) in [4.78, 5) is 27.3. The van der Waals surface area contributed by atoms with Crippen LogP contribution in [0.3, 0.4) is 0 Å². The lowest BCUT2D eigenvalue weighted by Gasteiger charge is -2.17. The second-order valence-corrected chi connectivity index (χ2v) is 7.29. The third-order valence-corrected chi connectivity index (χ3v) is 5.66. The highest BCUT2D eigenvalue weighted by Crippen LogP contribution is 2.34. The van der Waals surface area contributed by atoms with Crippen molar-refractivity contribution >= 4 is 51.4 Å². The van der Waals surface area contributed by atoms with E-state index in [0.717, 1.165) is 11.3 Å². The minimum Gasteiger partial charge on any atom is -0.338 e. The molecule has 1 aromatic carbocycles. The molecule has 0 radical (unpaired) electrons. The number of nitrogens with zero attached hydrogens (tertiary/aromatic N) is 2. The molecule has 0 spiro atoms. The van der Waals surface area contributed by atoms with Crippen LogP contribution in [-0.2, 0) is 0 Å². The van der Waals surface area contributed by atoms with Gasteiger partial charge in [0.2, 0.25) is 0 Å². The van der Waals surface area contributed by atoms with Crippen LogP contribution in [0.25, 0.3) is 0 Å². The maximum Gasteiger partial charge on any atom is 0.264 e. The second kappa shape index (κ2) is 8.54. The maximum absolute atomic E-state index is 12.6. The summed E-state index contributed by atoms with van der Waals surface area (Å²) in [5.74, 6) is -0.646. The lowest BCUT2D eigenvalue weighted by molar-refractivity contribution is 0.0777. The summed E-state index contributed by atoms with van der Waals surface area (Å²) >= 11 is 13.1. The zero-order valence-electron chi connectivity index (χ0n) is 14.5. The number of anilines is 1. The van der Waals surface area contributed by atoms with Gasteiger partial charge in [-0.15, -0.1) is 11.3 Å². The van der Waals surface area contributed by atoms with Crippen molar-refractivity contribution in [3.8, 4) is 6.07 Å². The third kappa shape index (κ3) is 4.01. The van der Waals surface area contributed by atoms with E-state index in [2.05, 4.69) is 11.4 Å². The number of hydrogen-bond donors (Lipinski definition) is 1. The molecule has 8 heteroatoms. The zero-order valence-corrected chi connectivity index (χ0v) is 16.8. The molecule has 2 rings (SSSR count). The summed E-state index contributed by atoms with van der Waals surface area (Å²) in [5, 5.41) is 13.1. The Labute approximate surface area is 166 Å². The number of carbonyl (C=O) groups excluding carboxylic acids is 2. The Morgan fingerprint density at radius 2 is 1.92 bits per heavy atom. The van der Waals surface area contributed by atoms with E-state index in [1.807, 2.05) is 13.8 Å². The first-order valence-electron chi connectivity index (χ1n) is 7.93. The van der Waals surface area contributed by atoms with Crippen molar-refractivity contribution in [2.75, 3.05) is 18.4 Å². The van der Waals surface area contributed by atoms with Gasteiger partial charge in [0, 0.05) is 18.1 Å². The van der Waals surface area contributed by atoms with E-state index < -0.39 is 5.91 Å². The minimum atomic E-state index is -0.489. The first-order valence-corrected chi connectivity index (χ1v) is 9.50. The van der Waals surface area contributed by atoms with Crippen LogP contribution in [0.1, 0.15) is 45.0 Å². The Kier molecular flexibility index (Phi) is 6.65. The lowest BCUT2D eigenvalue weighted by atomic mass is 10.1. The van der Waals surface area contributed by atoms with Gasteiger partial charge in [0.05, 0.1) is 21.0 Å². The number of nitriles is 1. The molecular weight excluding hydrogens is 393 g/mol. The van der Waals surface area contributed by atoms with Crippen molar-refractivity contribution in [2.45, 2.75) is 20.8 Å². The molecule has 136 valence electrons. The Bertz CT molecular complexity index is 899. The molecule has 0 bridgehead atoms. The molecule has 2 amide bonds. The van der Waals surface area contributed by atoms with Crippen LogP contribution < -0.4 is 5.32 Å². The van der Waals surface area contributed by atoms with E-state index >= 15 is 0 Å². The van der Waals surface area contributed by atoms with Crippen LogP contribution >= 0.6 is 34.5 Å². The monoisotopic (exact) mass is 409 g/mol. The Hall–Kier alpha value is -2.07. The molecular formula is C18H17Cl2N3O2S. The first-order chi connectivity index (χ1) is 12.3. The van der Waals surface area contributed by atoms with Crippen molar-refractivity contribution in [3.63, 3.8) is 0 Å². The molecule has 0 aliphatic rings. The van der Waals surface area contributed by atoms with Crippen LogP contribution in [0.5, 0.6) is 0 Å². The molecule has 0 saturated heterocycles. The molecule has 0 aliphatic carbocycles. The molecule has 0 aliphatic heterocycles. The standard InChI is InChI=1S/C18H17Cl2N3O2S/c1-4-23(5-2)18(25)15-10(3)13(9-21)17(26-15)22-16(24)12-8-11(19)6-7-14(12)20/h6-8H,4-5H2,1-3H3,(H,22,24). The van der Waals surface area contributed by atoms with E-state index in [-0.39, 0.29) is 22.1 Å².